The summed E-state index contributed by atoms with van der Waals surface area (Å²) in [5.74, 6) is -0.801. The Labute approximate surface area is 173 Å². The van der Waals surface area contributed by atoms with E-state index in [4.69, 9.17) is 13.9 Å². The molecule has 0 rings (SSSR count). The molecule has 0 saturated carbocycles. The Hall–Kier alpha value is -0.163. The zero-order chi connectivity index (χ0) is 20.2. The van der Waals surface area contributed by atoms with Crippen LogP contribution in [-0.4, -0.2) is 29.7 Å². The van der Waals surface area contributed by atoms with Crippen molar-refractivity contribution in [2.75, 3.05) is 13.2 Å². The van der Waals surface area contributed by atoms with Crippen LogP contribution in [0.3, 0.4) is 0 Å². The molecular formula is C23H48O3Si. The fourth-order valence-electron chi connectivity index (χ4n) is 3.42. The maximum atomic E-state index is 6.29. The lowest BCUT2D eigenvalue weighted by molar-refractivity contribution is -0.364. The van der Waals surface area contributed by atoms with Crippen LogP contribution < -0.4 is 0 Å². The van der Waals surface area contributed by atoms with Crippen LogP contribution in [0.2, 0.25) is 0 Å². The molecule has 0 aromatic heterocycles. The molecule has 0 amide bonds. The van der Waals surface area contributed by atoms with Crippen LogP contribution in [0.5, 0.6) is 0 Å². The number of unbranched alkanes of at least 4 members (excludes halogenated alkanes) is 10. The lowest BCUT2D eigenvalue weighted by Crippen LogP contribution is -2.46. The lowest BCUT2D eigenvalue weighted by atomic mass is 9.98. The first-order chi connectivity index (χ1) is 13.2. The topological polar surface area (TPSA) is 27.7 Å². The van der Waals surface area contributed by atoms with E-state index in [-0.39, 0.29) is 5.92 Å². The van der Waals surface area contributed by atoms with Gasteiger partial charge in [-0.05, 0) is 19.3 Å². The molecule has 27 heavy (non-hydrogen) atoms. The predicted octanol–water partition coefficient (Wildman–Crippen LogP) is 6.29. The highest BCUT2D eigenvalue weighted by Crippen LogP contribution is 2.31. The normalized spacial score (nSPS) is 13.1. The van der Waals surface area contributed by atoms with Crippen LogP contribution in [0.15, 0.2) is 12.7 Å². The maximum Gasteiger partial charge on any atom is 0.279 e. The molecule has 0 aromatic rings. The summed E-state index contributed by atoms with van der Waals surface area (Å²) in [6, 6.07) is 0. The van der Waals surface area contributed by atoms with E-state index in [9.17, 15) is 0 Å². The third-order valence-corrected chi connectivity index (χ3v) is 5.81. The zero-order valence-electron chi connectivity index (χ0n) is 18.9. The second kappa shape index (κ2) is 19.2. The molecule has 162 valence electrons. The molecule has 0 radical (unpaired) electrons. The third kappa shape index (κ3) is 12.8. The molecule has 0 aromatic carbocycles. The van der Waals surface area contributed by atoms with Gasteiger partial charge in [-0.15, -0.1) is 6.58 Å². The minimum atomic E-state index is -0.906. The minimum absolute atomic E-state index is 0.104. The molecule has 4 heteroatoms. The first kappa shape index (κ1) is 26.8. The number of ether oxygens (including phenoxy) is 2. The molecular weight excluding hydrogens is 352 g/mol. The largest absolute Gasteiger partial charge is 0.380 e. The molecule has 0 spiro atoms. The van der Waals surface area contributed by atoms with Crippen molar-refractivity contribution in [3.8, 4) is 0 Å². The molecule has 0 N–H and O–H groups in total. The highest BCUT2D eigenvalue weighted by Gasteiger charge is 2.39. The smallest absolute Gasteiger partial charge is 0.279 e. The first-order valence-electron chi connectivity index (χ1n) is 11.7. The van der Waals surface area contributed by atoms with Gasteiger partial charge in [0.1, 0.15) is 0 Å². The SMILES string of the molecule is C=CC(CCCCC)C(O[SiH3])(OCCCCCCC)OCCCCCCC. The van der Waals surface area contributed by atoms with Crippen molar-refractivity contribution in [2.24, 2.45) is 5.92 Å². The summed E-state index contributed by atoms with van der Waals surface area (Å²) in [5, 5.41) is 0. The van der Waals surface area contributed by atoms with Crippen LogP contribution in [0.1, 0.15) is 111 Å². The van der Waals surface area contributed by atoms with Crippen LogP contribution in [-0.2, 0) is 13.9 Å². The van der Waals surface area contributed by atoms with Crippen molar-refractivity contribution < 1.29 is 13.9 Å². The first-order valence-corrected chi connectivity index (χ1v) is 12.5. The van der Waals surface area contributed by atoms with E-state index in [1.54, 1.807) is 0 Å². The lowest BCUT2D eigenvalue weighted by Gasteiger charge is -2.38. The minimum Gasteiger partial charge on any atom is -0.380 e. The summed E-state index contributed by atoms with van der Waals surface area (Å²) in [6.45, 7) is 12.2. The van der Waals surface area contributed by atoms with Crippen molar-refractivity contribution in [3.05, 3.63) is 12.7 Å². The molecule has 1 atom stereocenters. The second-order valence-electron chi connectivity index (χ2n) is 7.67. The van der Waals surface area contributed by atoms with Gasteiger partial charge in [-0.1, -0.05) is 97.5 Å². The monoisotopic (exact) mass is 400 g/mol. The van der Waals surface area contributed by atoms with Gasteiger partial charge in [0.15, 0.2) is 10.5 Å². The van der Waals surface area contributed by atoms with Crippen LogP contribution in [0.25, 0.3) is 0 Å². The Morgan fingerprint density at radius 1 is 0.741 bits per heavy atom. The molecule has 0 fully saturated rings. The van der Waals surface area contributed by atoms with Gasteiger partial charge in [-0.25, -0.2) is 0 Å². The fourth-order valence-corrected chi connectivity index (χ4v) is 3.96. The highest BCUT2D eigenvalue weighted by molar-refractivity contribution is 5.98. The summed E-state index contributed by atoms with van der Waals surface area (Å²) in [4.78, 5) is 0. The maximum absolute atomic E-state index is 6.29. The van der Waals surface area contributed by atoms with Gasteiger partial charge in [0.2, 0.25) is 0 Å². The number of hydrogen-bond donors (Lipinski definition) is 0. The Balaban J connectivity index is 4.66. The molecule has 0 heterocycles. The molecule has 3 nitrogen and oxygen atoms in total. The summed E-state index contributed by atoms with van der Waals surface area (Å²) in [7, 11) is 0.601. The zero-order valence-corrected chi connectivity index (χ0v) is 20.9. The molecule has 1 unspecified atom stereocenters. The van der Waals surface area contributed by atoms with Crippen molar-refractivity contribution in [2.45, 2.75) is 117 Å². The van der Waals surface area contributed by atoms with Gasteiger partial charge in [-0.2, -0.15) is 0 Å². The predicted molar refractivity (Wildman–Crippen MR) is 121 cm³/mol. The van der Waals surface area contributed by atoms with Gasteiger partial charge in [-0.3, -0.25) is 0 Å². The van der Waals surface area contributed by atoms with E-state index in [0.717, 1.165) is 19.3 Å². The highest BCUT2D eigenvalue weighted by atomic mass is 28.2. The van der Waals surface area contributed by atoms with E-state index in [0.29, 0.717) is 23.7 Å². The van der Waals surface area contributed by atoms with Gasteiger partial charge >= 0.3 is 0 Å². The average Bonchev–Trinajstić information content (AvgIpc) is 2.69. The average molecular weight is 401 g/mol. The quantitative estimate of drug-likeness (QED) is 0.0980. The van der Waals surface area contributed by atoms with Crippen molar-refractivity contribution in [1.82, 2.24) is 0 Å². The summed E-state index contributed by atoms with van der Waals surface area (Å²) >= 11 is 0. The van der Waals surface area contributed by atoms with E-state index < -0.39 is 5.97 Å². The Morgan fingerprint density at radius 3 is 1.59 bits per heavy atom. The Bertz CT molecular complexity index is 307. The Kier molecular flexibility index (Phi) is 19.1. The van der Waals surface area contributed by atoms with E-state index in [1.165, 1.54) is 70.6 Å². The van der Waals surface area contributed by atoms with Crippen molar-refractivity contribution in [1.29, 1.82) is 0 Å². The molecule has 0 saturated heterocycles. The molecule has 0 bridgehead atoms. The molecule has 0 aliphatic carbocycles. The molecule has 0 aliphatic heterocycles. The number of rotatable bonds is 21. The van der Waals surface area contributed by atoms with Crippen LogP contribution in [0.4, 0.5) is 0 Å². The van der Waals surface area contributed by atoms with Crippen molar-refractivity contribution in [3.63, 3.8) is 0 Å². The summed E-state index contributed by atoms with van der Waals surface area (Å²) in [6.07, 6.45) is 18.9. The van der Waals surface area contributed by atoms with Crippen LogP contribution in [0, 0.1) is 5.92 Å². The standard InChI is InChI=1S/C23H48O3Si/c1-5-9-12-14-17-20-24-23(26-27,22(8-4)19-16-11-7-3)25-21-18-15-13-10-6-2/h8,22H,4-7,9-21H2,1-3,27H3. The molecule has 0 aliphatic rings. The van der Waals surface area contributed by atoms with Crippen molar-refractivity contribution >= 4 is 10.5 Å². The van der Waals surface area contributed by atoms with Gasteiger partial charge in [0.25, 0.3) is 5.97 Å². The van der Waals surface area contributed by atoms with Crippen LogP contribution >= 0.6 is 0 Å². The summed E-state index contributed by atoms with van der Waals surface area (Å²) in [5.41, 5.74) is 0. The van der Waals surface area contributed by atoms with Gasteiger partial charge in [0, 0.05) is 0 Å². The van der Waals surface area contributed by atoms with Gasteiger partial charge in [0.05, 0.1) is 19.1 Å². The third-order valence-electron chi connectivity index (χ3n) is 5.24. The van der Waals surface area contributed by atoms with Gasteiger partial charge < -0.3 is 13.9 Å². The Morgan fingerprint density at radius 2 is 1.19 bits per heavy atom. The summed E-state index contributed by atoms with van der Waals surface area (Å²) < 4.78 is 18.6. The fraction of sp³-hybridized carbons (Fsp3) is 0.913. The second-order valence-corrected chi connectivity index (χ2v) is 8.08. The van der Waals surface area contributed by atoms with E-state index >= 15 is 0 Å². The number of hydrogen-bond acceptors (Lipinski definition) is 3. The van der Waals surface area contributed by atoms with E-state index in [1.807, 2.05) is 6.08 Å². The van der Waals surface area contributed by atoms with E-state index in [2.05, 4.69) is 27.4 Å².